The molecule has 0 aliphatic carbocycles. The van der Waals surface area contributed by atoms with E-state index in [0.29, 0.717) is 9.90 Å². The smallest absolute Gasteiger partial charge is 0.271 e. The first-order chi connectivity index (χ1) is 8.79. The van der Waals surface area contributed by atoms with Crippen molar-refractivity contribution in [1.82, 2.24) is 0 Å². The summed E-state index contributed by atoms with van der Waals surface area (Å²) < 4.78 is 28.4. The van der Waals surface area contributed by atoms with Crippen molar-refractivity contribution in [2.75, 3.05) is 4.72 Å². The summed E-state index contributed by atoms with van der Waals surface area (Å²) in [4.78, 5) is 0.976. The molecule has 1 aromatic carbocycles. The molecule has 0 radical (unpaired) electrons. The van der Waals surface area contributed by atoms with Crippen LogP contribution in [0.4, 0.5) is 5.69 Å². The van der Waals surface area contributed by atoms with E-state index in [9.17, 15) is 8.42 Å². The van der Waals surface area contributed by atoms with Gasteiger partial charge >= 0.3 is 0 Å². The van der Waals surface area contributed by atoms with Gasteiger partial charge in [0.25, 0.3) is 10.0 Å². The van der Waals surface area contributed by atoms with Crippen molar-refractivity contribution in [2.45, 2.75) is 25.0 Å². The molecule has 0 fully saturated rings. The number of benzene rings is 1. The Kier molecular flexibility index (Phi) is 4.03. The highest BCUT2D eigenvalue weighted by Gasteiger charge is 2.16. The number of thiophene rings is 1. The van der Waals surface area contributed by atoms with Gasteiger partial charge in [0.15, 0.2) is 0 Å². The lowest BCUT2D eigenvalue weighted by molar-refractivity contribution is 0.603. The van der Waals surface area contributed by atoms with Gasteiger partial charge in [0.1, 0.15) is 4.21 Å². The molecule has 1 heterocycles. The van der Waals surface area contributed by atoms with Crippen molar-refractivity contribution in [2.24, 2.45) is 0 Å². The maximum Gasteiger partial charge on any atom is 0.271 e. The van der Waals surface area contributed by atoms with Crippen molar-refractivity contribution in [1.29, 1.82) is 0 Å². The number of hydrogen-bond donors (Lipinski definition) is 1. The van der Waals surface area contributed by atoms with E-state index in [1.54, 1.807) is 12.1 Å². The maximum atomic E-state index is 12.2. The fourth-order valence-electron chi connectivity index (χ4n) is 1.77. The van der Waals surface area contributed by atoms with Gasteiger partial charge in [-0.2, -0.15) is 0 Å². The van der Waals surface area contributed by atoms with Crippen LogP contribution in [-0.2, 0) is 10.0 Å². The fraction of sp³-hybridized carbons (Fsp3) is 0.231. The zero-order valence-electron chi connectivity index (χ0n) is 10.8. The van der Waals surface area contributed by atoms with Crippen LogP contribution in [0.3, 0.4) is 0 Å². The molecule has 0 bridgehead atoms. The van der Waals surface area contributed by atoms with Gasteiger partial charge < -0.3 is 0 Å². The SMILES string of the molecule is Cc1ccc(S(=O)(=O)Nc2cc(C)c(Br)c(C)c2)s1. The lowest BCUT2D eigenvalue weighted by Crippen LogP contribution is -2.11. The number of halogens is 1. The van der Waals surface area contributed by atoms with Gasteiger partial charge in [-0.05, 0) is 56.2 Å². The van der Waals surface area contributed by atoms with Crippen molar-refractivity contribution in [3.8, 4) is 0 Å². The molecule has 0 aliphatic heterocycles. The number of sulfonamides is 1. The van der Waals surface area contributed by atoms with Crippen LogP contribution in [0.5, 0.6) is 0 Å². The molecule has 0 amide bonds. The summed E-state index contributed by atoms with van der Waals surface area (Å²) in [6.45, 7) is 5.76. The topological polar surface area (TPSA) is 46.2 Å². The minimum Gasteiger partial charge on any atom is -0.279 e. The molecule has 2 aromatic rings. The van der Waals surface area contributed by atoms with Gasteiger partial charge in [-0.25, -0.2) is 8.42 Å². The average molecular weight is 360 g/mol. The summed E-state index contributed by atoms with van der Waals surface area (Å²) in [6, 6.07) is 7.06. The van der Waals surface area contributed by atoms with Crippen molar-refractivity contribution in [3.05, 3.63) is 44.7 Å². The highest BCUT2D eigenvalue weighted by molar-refractivity contribution is 9.10. The Hall–Kier alpha value is -0.850. The normalized spacial score (nSPS) is 11.6. The van der Waals surface area contributed by atoms with E-state index >= 15 is 0 Å². The second kappa shape index (κ2) is 5.26. The minimum atomic E-state index is -3.49. The van der Waals surface area contributed by atoms with Gasteiger partial charge in [-0.15, -0.1) is 11.3 Å². The molecule has 6 heteroatoms. The molecular weight excluding hydrogens is 346 g/mol. The summed E-state index contributed by atoms with van der Waals surface area (Å²) in [7, 11) is -3.49. The molecule has 0 unspecified atom stereocenters. The van der Waals surface area contributed by atoms with Gasteiger partial charge in [0, 0.05) is 15.0 Å². The van der Waals surface area contributed by atoms with E-state index in [-0.39, 0.29) is 0 Å². The predicted molar refractivity (Wildman–Crippen MR) is 83.5 cm³/mol. The maximum absolute atomic E-state index is 12.2. The molecule has 0 aliphatic rings. The third-order valence-electron chi connectivity index (χ3n) is 2.67. The molecule has 3 nitrogen and oxygen atoms in total. The largest absolute Gasteiger partial charge is 0.279 e. The Labute approximate surface area is 125 Å². The molecular formula is C13H14BrNO2S2. The minimum absolute atomic E-state index is 0.336. The van der Waals surface area contributed by atoms with Crippen LogP contribution in [-0.4, -0.2) is 8.42 Å². The summed E-state index contributed by atoms with van der Waals surface area (Å²) in [5, 5.41) is 0. The first-order valence-corrected chi connectivity index (χ1v) is 8.75. The Balaban J connectivity index is 2.36. The Bertz CT molecular complexity index is 697. The van der Waals surface area contributed by atoms with Crippen LogP contribution >= 0.6 is 27.3 Å². The molecule has 0 atom stereocenters. The van der Waals surface area contributed by atoms with Crippen molar-refractivity contribution in [3.63, 3.8) is 0 Å². The van der Waals surface area contributed by atoms with Crippen LogP contribution in [0.1, 0.15) is 16.0 Å². The Morgan fingerprint density at radius 1 is 1.11 bits per heavy atom. The highest BCUT2D eigenvalue weighted by atomic mass is 79.9. The van der Waals surface area contributed by atoms with E-state index < -0.39 is 10.0 Å². The first kappa shape index (κ1) is 14.6. The van der Waals surface area contributed by atoms with Gasteiger partial charge in [-0.1, -0.05) is 15.9 Å². The van der Waals surface area contributed by atoms with Crippen LogP contribution in [0.15, 0.2) is 32.9 Å². The molecule has 0 spiro atoms. The average Bonchev–Trinajstić information content (AvgIpc) is 2.73. The second-order valence-electron chi connectivity index (χ2n) is 4.39. The molecule has 1 aromatic heterocycles. The van der Waals surface area contributed by atoms with Gasteiger partial charge in [0.05, 0.1) is 0 Å². The lowest BCUT2D eigenvalue weighted by atomic mass is 10.1. The zero-order chi connectivity index (χ0) is 14.2. The van der Waals surface area contributed by atoms with E-state index in [4.69, 9.17) is 0 Å². The van der Waals surface area contributed by atoms with Crippen LogP contribution in [0.2, 0.25) is 0 Å². The second-order valence-corrected chi connectivity index (χ2v) is 8.38. The van der Waals surface area contributed by atoms with Crippen LogP contribution < -0.4 is 4.72 Å². The predicted octanol–water partition coefficient (Wildman–Crippen LogP) is 4.24. The van der Waals surface area contributed by atoms with Gasteiger partial charge in [0.2, 0.25) is 0 Å². The standard InChI is InChI=1S/C13H14BrNO2S2/c1-8-6-11(7-9(2)13(8)14)15-19(16,17)12-5-4-10(3)18-12/h4-7,15H,1-3H3. The van der Waals surface area contributed by atoms with Gasteiger partial charge in [-0.3, -0.25) is 4.72 Å². The van der Waals surface area contributed by atoms with Crippen molar-refractivity contribution >= 4 is 43.0 Å². The first-order valence-electron chi connectivity index (χ1n) is 5.65. The molecule has 0 saturated heterocycles. The quantitative estimate of drug-likeness (QED) is 0.890. The molecule has 102 valence electrons. The highest BCUT2D eigenvalue weighted by Crippen LogP contribution is 2.28. The summed E-state index contributed by atoms with van der Waals surface area (Å²) in [5.41, 5.74) is 2.59. The summed E-state index contributed by atoms with van der Waals surface area (Å²) in [6.07, 6.45) is 0. The zero-order valence-corrected chi connectivity index (χ0v) is 14.0. The van der Waals surface area contributed by atoms with Crippen LogP contribution in [0.25, 0.3) is 0 Å². The summed E-state index contributed by atoms with van der Waals surface area (Å²) in [5.74, 6) is 0. The third-order valence-corrected chi connectivity index (χ3v) is 6.79. The fourth-order valence-corrected chi connectivity index (χ4v) is 4.32. The molecule has 19 heavy (non-hydrogen) atoms. The van der Waals surface area contributed by atoms with Crippen LogP contribution in [0, 0.1) is 20.8 Å². The van der Waals surface area contributed by atoms with Crippen molar-refractivity contribution < 1.29 is 8.42 Å². The molecule has 2 rings (SSSR count). The Morgan fingerprint density at radius 3 is 2.16 bits per heavy atom. The molecule has 1 N–H and O–H groups in total. The van der Waals surface area contributed by atoms with E-state index in [1.165, 1.54) is 11.3 Å². The molecule has 0 saturated carbocycles. The van der Waals surface area contributed by atoms with E-state index in [0.717, 1.165) is 20.5 Å². The number of rotatable bonds is 3. The monoisotopic (exact) mass is 359 g/mol. The summed E-state index contributed by atoms with van der Waals surface area (Å²) >= 11 is 4.73. The Morgan fingerprint density at radius 2 is 1.68 bits per heavy atom. The third kappa shape index (κ3) is 3.19. The lowest BCUT2D eigenvalue weighted by Gasteiger charge is -2.10. The van der Waals surface area contributed by atoms with E-state index in [1.807, 2.05) is 32.9 Å². The number of anilines is 1. The number of hydrogen-bond acceptors (Lipinski definition) is 3. The number of aryl methyl sites for hydroxylation is 3. The number of nitrogens with one attached hydrogen (secondary N) is 1. The van der Waals surface area contributed by atoms with E-state index in [2.05, 4.69) is 20.7 Å².